The Morgan fingerprint density at radius 1 is 0.976 bits per heavy atom. The minimum atomic E-state index is -4.20. The predicted octanol–water partition coefficient (Wildman–Crippen LogP) is 5.47. The molecule has 0 heterocycles. The highest BCUT2D eigenvalue weighted by Crippen LogP contribution is 2.28. The van der Waals surface area contributed by atoms with Crippen molar-refractivity contribution in [2.24, 2.45) is 0 Å². The molecule has 8 nitrogen and oxygen atoms in total. The highest BCUT2D eigenvalue weighted by atomic mass is 32.2. The molecule has 0 saturated carbocycles. The number of benzene rings is 3. The molecule has 0 radical (unpaired) electrons. The summed E-state index contributed by atoms with van der Waals surface area (Å²) in [6.07, 6.45) is 1.89. The lowest BCUT2D eigenvalue weighted by Gasteiger charge is -2.33. The van der Waals surface area contributed by atoms with Gasteiger partial charge in [0.15, 0.2) is 0 Å². The maximum atomic E-state index is 14.0. The van der Waals surface area contributed by atoms with Crippen molar-refractivity contribution in [1.29, 1.82) is 0 Å². The Kier molecular flexibility index (Phi) is 11.0. The number of nitrogens with zero attached hydrogens (tertiary/aromatic N) is 2. The van der Waals surface area contributed by atoms with Crippen LogP contribution in [0.3, 0.4) is 0 Å². The van der Waals surface area contributed by atoms with E-state index in [1.165, 1.54) is 53.1 Å². The van der Waals surface area contributed by atoms with Crippen LogP contribution in [0.1, 0.15) is 40.2 Å². The van der Waals surface area contributed by atoms with Crippen LogP contribution in [0.25, 0.3) is 0 Å². The van der Waals surface area contributed by atoms with Crippen LogP contribution in [0.2, 0.25) is 0 Å². The molecule has 1 atom stereocenters. The van der Waals surface area contributed by atoms with Crippen LogP contribution in [-0.4, -0.2) is 56.1 Å². The fraction of sp³-hybridized carbons (Fsp3) is 0.355. The van der Waals surface area contributed by atoms with Gasteiger partial charge in [-0.3, -0.25) is 13.9 Å². The van der Waals surface area contributed by atoms with Crippen molar-refractivity contribution in [1.82, 2.24) is 10.2 Å². The molecule has 0 unspecified atom stereocenters. The van der Waals surface area contributed by atoms with Crippen molar-refractivity contribution < 1.29 is 27.1 Å². The van der Waals surface area contributed by atoms with Gasteiger partial charge in [0.1, 0.15) is 24.2 Å². The van der Waals surface area contributed by atoms with Crippen LogP contribution < -0.4 is 14.4 Å². The topological polar surface area (TPSA) is 96.0 Å². The Balaban J connectivity index is 2.04. The lowest BCUT2D eigenvalue weighted by Crippen LogP contribution is -2.54. The summed E-state index contributed by atoms with van der Waals surface area (Å²) >= 11 is 1.48. The number of nitrogens with one attached hydrogen (secondary N) is 1. The molecule has 3 aromatic carbocycles. The first-order chi connectivity index (χ1) is 19.7. The van der Waals surface area contributed by atoms with E-state index in [9.17, 15) is 22.4 Å². The van der Waals surface area contributed by atoms with E-state index in [-0.39, 0.29) is 17.1 Å². The van der Waals surface area contributed by atoms with E-state index in [1.54, 1.807) is 43.3 Å². The molecule has 2 amide bonds. The Hall–Kier alpha value is -3.57. The molecule has 0 fully saturated rings. The maximum absolute atomic E-state index is 14.0. The fourth-order valence-electron chi connectivity index (χ4n) is 4.12. The number of hydrogen-bond acceptors (Lipinski definition) is 6. The molecule has 1 N–H and O–H groups in total. The number of hydrogen-bond donors (Lipinski definition) is 1. The molecule has 0 aliphatic rings. The van der Waals surface area contributed by atoms with E-state index >= 15 is 0 Å². The van der Waals surface area contributed by atoms with Crippen LogP contribution in [0.5, 0.6) is 5.75 Å². The zero-order valence-corrected chi connectivity index (χ0v) is 26.4. The molecule has 0 aliphatic heterocycles. The summed E-state index contributed by atoms with van der Waals surface area (Å²) in [5.74, 6) is -0.884. The van der Waals surface area contributed by atoms with Crippen molar-refractivity contribution in [2.45, 2.75) is 62.5 Å². The maximum Gasteiger partial charge on any atom is 0.264 e. The van der Waals surface area contributed by atoms with Gasteiger partial charge in [0.05, 0.1) is 17.2 Å². The van der Waals surface area contributed by atoms with E-state index < -0.39 is 45.8 Å². The quantitative estimate of drug-likeness (QED) is 0.272. The van der Waals surface area contributed by atoms with E-state index in [1.807, 2.05) is 34.0 Å². The molecule has 0 saturated heterocycles. The van der Waals surface area contributed by atoms with Gasteiger partial charge in [0, 0.05) is 17.0 Å². The van der Waals surface area contributed by atoms with Crippen LogP contribution in [0.15, 0.2) is 82.6 Å². The standard InChI is InChI=1S/C31H38FN3O5S2/c1-7-40-26-14-12-25(13-15-26)35(42(38,39)28-18-16-27(41-6)17-19-28)21-29(36)34(20-23-8-10-24(32)11-9-23)22(2)30(37)33-31(3,4)5/h8-19,22H,7,20-21H2,1-6H3,(H,33,37)/t22-/m0/s1. The molecule has 42 heavy (non-hydrogen) atoms. The van der Waals surface area contributed by atoms with Gasteiger partial charge in [-0.2, -0.15) is 0 Å². The summed E-state index contributed by atoms with van der Waals surface area (Å²) in [5, 5.41) is 2.88. The van der Waals surface area contributed by atoms with Gasteiger partial charge in [-0.15, -0.1) is 11.8 Å². The number of sulfonamides is 1. The number of amides is 2. The minimum Gasteiger partial charge on any atom is -0.494 e. The number of carbonyl (C=O) groups is 2. The third-order valence-electron chi connectivity index (χ3n) is 6.29. The molecule has 0 spiro atoms. The largest absolute Gasteiger partial charge is 0.494 e. The zero-order valence-electron chi connectivity index (χ0n) is 24.8. The molecular weight excluding hydrogens is 577 g/mol. The average Bonchev–Trinajstić information content (AvgIpc) is 2.95. The third kappa shape index (κ3) is 8.72. The van der Waals surface area contributed by atoms with E-state index in [2.05, 4.69) is 5.32 Å². The number of rotatable bonds is 12. The first-order valence-electron chi connectivity index (χ1n) is 13.5. The van der Waals surface area contributed by atoms with Gasteiger partial charge in [0.2, 0.25) is 11.8 Å². The summed E-state index contributed by atoms with van der Waals surface area (Å²) in [7, 11) is -4.20. The summed E-state index contributed by atoms with van der Waals surface area (Å²) in [5.41, 5.74) is 0.286. The number of carbonyl (C=O) groups excluding carboxylic acids is 2. The third-order valence-corrected chi connectivity index (χ3v) is 8.83. The zero-order chi connectivity index (χ0) is 31.1. The van der Waals surface area contributed by atoms with E-state index in [4.69, 9.17) is 4.74 Å². The van der Waals surface area contributed by atoms with Gasteiger partial charge >= 0.3 is 0 Å². The van der Waals surface area contributed by atoms with Crippen molar-refractivity contribution in [3.63, 3.8) is 0 Å². The summed E-state index contributed by atoms with van der Waals surface area (Å²) in [6.45, 7) is 8.74. The van der Waals surface area contributed by atoms with Gasteiger partial charge in [-0.05, 0) is 107 Å². The molecule has 3 aromatic rings. The number of ether oxygens (including phenoxy) is 1. The number of anilines is 1. The van der Waals surface area contributed by atoms with Crippen LogP contribution in [0, 0.1) is 5.82 Å². The summed E-state index contributed by atoms with van der Waals surface area (Å²) in [6, 6.07) is 17.5. The molecule has 0 aliphatic carbocycles. The Bertz CT molecular complexity index is 1460. The van der Waals surface area contributed by atoms with Gasteiger partial charge < -0.3 is 15.0 Å². The Labute approximate surface area is 252 Å². The highest BCUT2D eigenvalue weighted by Gasteiger charge is 2.33. The monoisotopic (exact) mass is 615 g/mol. The second-order valence-electron chi connectivity index (χ2n) is 10.7. The van der Waals surface area contributed by atoms with Crippen molar-refractivity contribution in [2.75, 3.05) is 23.7 Å². The van der Waals surface area contributed by atoms with Crippen molar-refractivity contribution >= 4 is 39.3 Å². The van der Waals surface area contributed by atoms with Crippen molar-refractivity contribution in [3.8, 4) is 5.75 Å². The van der Waals surface area contributed by atoms with E-state index in [0.717, 1.165) is 9.20 Å². The molecule has 3 rings (SSSR count). The normalized spacial score (nSPS) is 12.4. The predicted molar refractivity (Wildman–Crippen MR) is 165 cm³/mol. The van der Waals surface area contributed by atoms with Gasteiger partial charge in [0.25, 0.3) is 10.0 Å². The highest BCUT2D eigenvalue weighted by molar-refractivity contribution is 7.98. The lowest BCUT2D eigenvalue weighted by molar-refractivity contribution is -0.140. The van der Waals surface area contributed by atoms with Crippen LogP contribution in [-0.2, 0) is 26.2 Å². The second-order valence-corrected chi connectivity index (χ2v) is 13.4. The fourth-order valence-corrected chi connectivity index (χ4v) is 5.94. The first kappa shape index (κ1) is 32.9. The smallest absolute Gasteiger partial charge is 0.264 e. The lowest BCUT2D eigenvalue weighted by atomic mass is 10.1. The molecule has 0 aromatic heterocycles. The molecule has 11 heteroatoms. The second kappa shape index (κ2) is 14.1. The first-order valence-corrected chi connectivity index (χ1v) is 16.2. The SMILES string of the molecule is CCOc1ccc(N(CC(=O)N(Cc2ccc(F)cc2)[C@@H](C)C(=O)NC(C)(C)C)S(=O)(=O)c2ccc(SC)cc2)cc1. The average molecular weight is 616 g/mol. The van der Waals surface area contributed by atoms with Crippen molar-refractivity contribution in [3.05, 3.63) is 84.2 Å². The number of thioether (sulfide) groups is 1. The molecular formula is C31H38FN3O5S2. The van der Waals surface area contributed by atoms with Crippen LogP contribution >= 0.6 is 11.8 Å². The van der Waals surface area contributed by atoms with Gasteiger partial charge in [-0.1, -0.05) is 12.1 Å². The molecule has 226 valence electrons. The van der Waals surface area contributed by atoms with Gasteiger partial charge in [-0.25, -0.2) is 12.8 Å². The minimum absolute atomic E-state index is 0.0191. The van der Waals surface area contributed by atoms with Crippen LogP contribution in [0.4, 0.5) is 10.1 Å². The Morgan fingerprint density at radius 3 is 2.10 bits per heavy atom. The summed E-state index contributed by atoms with van der Waals surface area (Å²) < 4.78 is 48.1. The van der Waals surface area contributed by atoms with E-state index in [0.29, 0.717) is 17.9 Å². The molecule has 0 bridgehead atoms. The summed E-state index contributed by atoms with van der Waals surface area (Å²) in [4.78, 5) is 29.4. The number of halogens is 1. The Morgan fingerprint density at radius 2 is 1.57 bits per heavy atom.